The van der Waals surface area contributed by atoms with E-state index in [-0.39, 0.29) is 11.8 Å². The number of fused-ring (bicyclic) bond motifs is 4. The van der Waals surface area contributed by atoms with E-state index in [2.05, 4.69) is 22.3 Å². The van der Waals surface area contributed by atoms with Gasteiger partial charge in [-0.15, -0.1) is 0 Å². The number of aromatic nitrogens is 1. The molecule has 158 valence electrons. The Balaban J connectivity index is 1.15. The minimum Gasteiger partial charge on any atom is -0.353 e. The standard InChI is InChI=1S/C26H26ClN3O/c27-19-6-3-17(4-7-19)22-14-23(22)26(31)28-20-8-11-24-18(13-20)5-12-25(29-24)30-15-16-1-9-21(30)10-2-16/h3-8,11-13,16,21-23H,1-2,9-10,14-15H2,(H,28,31)/t16?,21?,22-,23+/m1/s1. The van der Waals surface area contributed by atoms with Crippen molar-refractivity contribution in [1.29, 1.82) is 0 Å². The highest BCUT2D eigenvalue weighted by molar-refractivity contribution is 6.30. The van der Waals surface area contributed by atoms with Crippen LogP contribution in [0.25, 0.3) is 10.9 Å². The predicted octanol–water partition coefficient (Wildman–Crippen LogP) is 6.01. The number of carbonyl (C=O) groups is 1. The Kier molecular flexibility index (Phi) is 4.64. The Morgan fingerprint density at radius 1 is 1.00 bits per heavy atom. The molecule has 31 heavy (non-hydrogen) atoms. The summed E-state index contributed by atoms with van der Waals surface area (Å²) in [4.78, 5) is 20.2. The second-order valence-corrected chi connectivity index (χ2v) is 9.83. The van der Waals surface area contributed by atoms with Gasteiger partial charge in [-0.05, 0) is 92.0 Å². The number of hydrogen-bond acceptors (Lipinski definition) is 3. The fourth-order valence-electron chi connectivity index (χ4n) is 5.50. The fourth-order valence-corrected chi connectivity index (χ4v) is 5.62. The summed E-state index contributed by atoms with van der Waals surface area (Å²) in [6, 6.07) is 18.8. The van der Waals surface area contributed by atoms with Gasteiger partial charge in [-0.2, -0.15) is 0 Å². The van der Waals surface area contributed by atoms with Gasteiger partial charge in [-0.25, -0.2) is 4.98 Å². The summed E-state index contributed by atoms with van der Waals surface area (Å²) in [5, 5.41) is 4.90. The quantitative estimate of drug-likeness (QED) is 0.550. The van der Waals surface area contributed by atoms with Crippen LogP contribution in [0.4, 0.5) is 11.5 Å². The van der Waals surface area contributed by atoms with Crippen LogP contribution < -0.4 is 10.2 Å². The lowest BCUT2D eigenvalue weighted by atomic mass is 9.80. The van der Waals surface area contributed by atoms with Gasteiger partial charge in [-0.1, -0.05) is 23.7 Å². The van der Waals surface area contributed by atoms with Crippen molar-refractivity contribution in [3.05, 3.63) is 65.2 Å². The first-order valence-corrected chi connectivity index (χ1v) is 11.8. The monoisotopic (exact) mass is 431 g/mol. The zero-order valence-corrected chi connectivity index (χ0v) is 18.2. The number of rotatable bonds is 4. The topological polar surface area (TPSA) is 45.2 Å². The molecule has 3 heterocycles. The third kappa shape index (κ3) is 3.67. The fraction of sp³-hybridized carbons (Fsp3) is 0.385. The molecule has 2 atom stereocenters. The minimum absolute atomic E-state index is 0.0342. The largest absolute Gasteiger partial charge is 0.353 e. The van der Waals surface area contributed by atoms with Crippen molar-refractivity contribution in [1.82, 2.24) is 4.98 Å². The molecule has 2 aromatic carbocycles. The van der Waals surface area contributed by atoms with Crippen molar-refractivity contribution in [2.45, 2.75) is 44.1 Å². The number of nitrogens with one attached hydrogen (secondary N) is 1. The van der Waals surface area contributed by atoms with Gasteiger partial charge in [-0.3, -0.25) is 4.79 Å². The van der Waals surface area contributed by atoms with Gasteiger partial charge in [0.2, 0.25) is 5.91 Å². The van der Waals surface area contributed by atoms with Crippen LogP contribution in [0, 0.1) is 11.8 Å². The average Bonchev–Trinajstić information content (AvgIpc) is 3.61. The second-order valence-electron chi connectivity index (χ2n) is 9.39. The molecule has 7 rings (SSSR count). The first kappa shape index (κ1) is 19.1. The van der Waals surface area contributed by atoms with Gasteiger partial charge >= 0.3 is 0 Å². The molecule has 1 amide bonds. The number of piperidine rings is 2. The van der Waals surface area contributed by atoms with Gasteiger partial charge in [0, 0.05) is 34.6 Å². The first-order valence-electron chi connectivity index (χ1n) is 11.4. The molecule has 2 bridgehead atoms. The maximum Gasteiger partial charge on any atom is 0.228 e. The number of anilines is 2. The number of nitrogens with zero attached hydrogens (tertiary/aromatic N) is 2. The summed E-state index contributed by atoms with van der Waals surface area (Å²) in [7, 11) is 0. The van der Waals surface area contributed by atoms with E-state index < -0.39 is 0 Å². The van der Waals surface area contributed by atoms with E-state index >= 15 is 0 Å². The Labute approximate surface area is 187 Å². The molecule has 2 aliphatic carbocycles. The van der Waals surface area contributed by atoms with Crippen LogP contribution in [0.5, 0.6) is 0 Å². The third-order valence-corrected chi connectivity index (χ3v) is 7.63. The Morgan fingerprint density at radius 3 is 2.55 bits per heavy atom. The van der Waals surface area contributed by atoms with Crippen LogP contribution in [0.15, 0.2) is 54.6 Å². The number of amides is 1. The summed E-state index contributed by atoms with van der Waals surface area (Å²) < 4.78 is 0. The van der Waals surface area contributed by atoms with E-state index in [1.165, 1.54) is 31.2 Å². The summed E-state index contributed by atoms with van der Waals surface area (Å²) >= 11 is 5.97. The number of halogens is 1. The molecule has 2 aliphatic heterocycles. The molecule has 0 unspecified atom stereocenters. The van der Waals surface area contributed by atoms with E-state index in [0.717, 1.165) is 46.3 Å². The van der Waals surface area contributed by atoms with Crippen molar-refractivity contribution in [3.63, 3.8) is 0 Å². The van der Waals surface area contributed by atoms with E-state index in [9.17, 15) is 4.79 Å². The molecule has 3 aromatic rings. The van der Waals surface area contributed by atoms with Crippen molar-refractivity contribution in [3.8, 4) is 0 Å². The van der Waals surface area contributed by atoms with Crippen LogP contribution >= 0.6 is 11.6 Å². The summed E-state index contributed by atoms with van der Waals surface area (Å²) in [6.07, 6.45) is 6.24. The van der Waals surface area contributed by atoms with Crippen LogP contribution in [-0.2, 0) is 4.79 Å². The number of hydrogen-bond donors (Lipinski definition) is 1. The highest BCUT2D eigenvalue weighted by Crippen LogP contribution is 2.48. The molecule has 2 saturated carbocycles. The molecule has 0 spiro atoms. The zero-order valence-electron chi connectivity index (χ0n) is 17.4. The molecule has 4 aliphatic rings. The van der Waals surface area contributed by atoms with Crippen molar-refractivity contribution >= 4 is 39.9 Å². The maximum absolute atomic E-state index is 12.7. The van der Waals surface area contributed by atoms with Gasteiger partial charge in [0.1, 0.15) is 5.82 Å². The Hall–Kier alpha value is -2.59. The summed E-state index contributed by atoms with van der Waals surface area (Å²) in [6.45, 7) is 1.15. The molecule has 5 heteroatoms. The number of carbonyl (C=O) groups excluding carboxylic acids is 1. The highest BCUT2D eigenvalue weighted by atomic mass is 35.5. The first-order chi connectivity index (χ1) is 15.1. The molecule has 4 nitrogen and oxygen atoms in total. The lowest BCUT2D eigenvalue weighted by molar-refractivity contribution is -0.117. The van der Waals surface area contributed by atoms with Crippen LogP contribution in [-0.4, -0.2) is 23.5 Å². The van der Waals surface area contributed by atoms with Crippen molar-refractivity contribution in [2.24, 2.45) is 11.8 Å². The normalized spacial score (nSPS) is 26.8. The molecule has 4 fully saturated rings. The van der Waals surface area contributed by atoms with Crippen LogP contribution in [0.1, 0.15) is 43.6 Å². The summed E-state index contributed by atoms with van der Waals surface area (Å²) in [5.74, 6) is 2.35. The molecular formula is C26H26ClN3O. The van der Waals surface area contributed by atoms with E-state index in [1.54, 1.807) is 0 Å². The van der Waals surface area contributed by atoms with Crippen molar-refractivity contribution < 1.29 is 4.79 Å². The number of benzene rings is 2. The highest BCUT2D eigenvalue weighted by Gasteiger charge is 2.43. The zero-order chi connectivity index (χ0) is 20.9. The van der Waals surface area contributed by atoms with E-state index in [0.29, 0.717) is 12.0 Å². The predicted molar refractivity (Wildman–Crippen MR) is 126 cm³/mol. The van der Waals surface area contributed by atoms with E-state index in [4.69, 9.17) is 16.6 Å². The second kappa shape index (κ2) is 7.52. The van der Waals surface area contributed by atoms with Crippen LogP contribution in [0.3, 0.4) is 0 Å². The maximum atomic E-state index is 12.7. The van der Waals surface area contributed by atoms with Crippen LogP contribution in [0.2, 0.25) is 5.02 Å². The molecule has 2 saturated heterocycles. The SMILES string of the molecule is O=C(Nc1ccc2nc(N3CC4CCC3CC4)ccc2c1)[C@H]1C[C@@H]1c1ccc(Cl)cc1. The van der Waals surface area contributed by atoms with Gasteiger partial charge < -0.3 is 10.2 Å². The Bertz CT molecular complexity index is 1140. The molecular weight excluding hydrogens is 406 g/mol. The third-order valence-electron chi connectivity index (χ3n) is 7.37. The van der Waals surface area contributed by atoms with E-state index in [1.807, 2.05) is 42.5 Å². The summed E-state index contributed by atoms with van der Waals surface area (Å²) in [5.41, 5.74) is 3.01. The lowest BCUT2D eigenvalue weighted by Gasteiger charge is -2.46. The lowest BCUT2D eigenvalue weighted by Crippen LogP contribution is -2.48. The van der Waals surface area contributed by atoms with Gasteiger partial charge in [0.25, 0.3) is 0 Å². The van der Waals surface area contributed by atoms with Gasteiger partial charge in [0.15, 0.2) is 0 Å². The molecule has 0 radical (unpaired) electrons. The van der Waals surface area contributed by atoms with Gasteiger partial charge in [0.05, 0.1) is 5.52 Å². The number of pyridine rings is 1. The minimum atomic E-state index is 0.0342. The smallest absolute Gasteiger partial charge is 0.228 e. The Morgan fingerprint density at radius 2 is 1.81 bits per heavy atom. The van der Waals surface area contributed by atoms with Crippen molar-refractivity contribution in [2.75, 3.05) is 16.8 Å². The molecule has 1 N–H and O–H groups in total. The average molecular weight is 432 g/mol. The molecule has 1 aromatic heterocycles.